The molecule has 9 heteroatoms. The van der Waals surface area contributed by atoms with Crippen LogP contribution in [0.25, 0.3) is 6.08 Å². The summed E-state index contributed by atoms with van der Waals surface area (Å²) in [6.45, 7) is -0.654. The molecule has 0 unspecified atom stereocenters. The van der Waals surface area contributed by atoms with Crippen molar-refractivity contribution in [2.45, 2.75) is 0 Å². The Labute approximate surface area is 158 Å². The van der Waals surface area contributed by atoms with E-state index in [-0.39, 0.29) is 27.8 Å². The largest absolute Gasteiger partial charge is 0.546 e. The maximum Gasteiger partial charge on any atom is 0.288 e. The normalized spacial score (nSPS) is 10.6. The number of allylic oxidation sites excluding steroid dienone is 1. The predicted octanol–water partition coefficient (Wildman–Crippen LogP) is 2.28. The predicted molar refractivity (Wildman–Crippen MR) is 95.0 cm³/mol. The van der Waals surface area contributed by atoms with E-state index in [1.807, 2.05) is 0 Å². The van der Waals surface area contributed by atoms with Crippen molar-refractivity contribution >= 4 is 35.1 Å². The molecule has 0 amide bonds. The van der Waals surface area contributed by atoms with Gasteiger partial charge in [0.2, 0.25) is 0 Å². The lowest BCUT2D eigenvalue weighted by Gasteiger charge is -2.11. The number of aliphatic carboxylic acids is 1. The number of hydrogen-bond acceptors (Lipinski definition) is 7. The fourth-order valence-corrected chi connectivity index (χ4v) is 2.30. The Morgan fingerprint density at radius 3 is 2.56 bits per heavy atom. The van der Waals surface area contributed by atoms with Crippen LogP contribution >= 0.6 is 11.6 Å². The molecule has 0 atom stereocenters. The minimum atomic E-state index is -1.39. The summed E-state index contributed by atoms with van der Waals surface area (Å²) in [7, 11) is 1.35. The van der Waals surface area contributed by atoms with Crippen LogP contribution in [0.3, 0.4) is 0 Å². The quantitative estimate of drug-likeness (QED) is 0.293. The molecule has 0 aliphatic rings. The Morgan fingerprint density at radius 1 is 1.19 bits per heavy atom. The molecule has 0 aliphatic heterocycles. The van der Waals surface area contributed by atoms with E-state index in [0.29, 0.717) is 5.56 Å². The Kier molecular flexibility index (Phi) is 6.51. The number of ketones is 1. The van der Waals surface area contributed by atoms with Gasteiger partial charge in [-0.3, -0.25) is 14.9 Å². The molecule has 0 N–H and O–H groups in total. The van der Waals surface area contributed by atoms with Gasteiger partial charge in [-0.1, -0.05) is 23.7 Å². The summed E-state index contributed by atoms with van der Waals surface area (Å²) in [4.78, 5) is 33.0. The number of rotatable bonds is 8. The number of nitrogens with zero attached hydrogens (tertiary/aromatic N) is 1. The van der Waals surface area contributed by atoms with Crippen LogP contribution in [0, 0.1) is 10.1 Å². The summed E-state index contributed by atoms with van der Waals surface area (Å²) in [6, 6.07) is 8.39. The van der Waals surface area contributed by atoms with Gasteiger partial charge in [0.15, 0.2) is 17.3 Å². The van der Waals surface area contributed by atoms with E-state index in [4.69, 9.17) is 21.1 Å². The van der Waals surface area contributed by atoms with Gasteiger partial charge in [-0.25, -0.2) is 0 Å². The van der Waals surface area contributed by atoms with Crippen molar-refractivity contribution in [1.82, 2.24) is 0 Å². The lowest BCUT2D eigenvalue weighted by atomic mass is 10.1. The first-order valence-electron chi connectivity index (χ1n) is 7.49. The van der Waals surface area contributed by atoms with Crippen LogP contribution in [0.1, 0.15) is 15.9 Å². The lowest BCUT2D eigenvalue weighted by molar-refractivity contribution is -0.384. The summed E-state index contributed by atoms with van der Waals surface area (Å²) in [5.74, 6) is -1.46. The molecule has 0 saturated heterocycles. The summed E-state index contributed by atoms with van der Waals surface area (Å²) in [6.07, 6.45) is 2.65. The van der Waals surface area contributed by atoms with Gasteiger partial charge in [-0.15, -0.1) is 0 Å². The second-order valence-electron chi connectivity index (χ2n) is 5.19. The molecule has 2 aromatic rings. The van der Waals surface area contributed by atoms with Crippen molar-refractivity contribution < 1.29 is 29.1 Å². The number of carboxylic acids is 1. The smallest absolute Gasteiger partial charge is 0.288 e. The van der Waals surface area contributed by atoms with Crippen LogP contribution in [0.2, 0.25) is 5.02 Å². The van der Waals surface area contributed by atoms with Gasteiger partial charge < -0.3 is 19.4 Å². The number of benzene rings is 2. The number of carbonyl (C=O) groups is 2. The van der Waals surface area contributed by atoms with E-state index >= 15 is 0 Å². The highest BCUT2D eigenvalue weighted by atomic mass is 35.5. The number of nitro benzene ring substituents is 1. The zero-order chi connectivity index (χ0) is 20.0. The molecule has 0 bridgehead atoms. The fourth-order valence-electron chi connectivity index (χ4n) is 2.12. The van der Waals surface area contributed by atoms with Crippen molar-refractivity contribution in [3.63, 3.8) is 0 Å². The van der Waals surface area contributed by atoms with Crippen molar-refractivity contribution in [2.75, 3.05) is 13.7 Å². The number of nitro groups is 1. The SMILES string of the molecule is COc1cc(C(=O)/C=C/c2ccc(Cl)c([N+](=O)[O-])c2)ccc1OCC(=O)[O-]. The Hall–Kier alpha value is -3.39. The van der Waals surface area contributed by atoms with E-state index < -0.39 is 23.3 Å². The number of halogens is 1. The van der Waals surface area contributed by atoms with E-state index in [2.05, 4.69) is 0 Å². The fraction of sp³-hybridized carbons (Fsp3) is 0.111. The zero-order valence-corrected chi connectivity index (χ0v) is 14.8. The number of carboxylic acid groups (broad SMARTS) is 1. The van der Waals surface area contributed by atoms with E-state index in [1.165, 1.54) is 55.7 Å². The highest BCUT2D eigenvalue weighted by molar-refractivity contribution is 6.32. The molecule has 0 aliphatic carbocycles. The summed E-state index contributed by atoms with van der Waals surface area (Å²) < 4.78 is 10.1. The zero-order valence-electron chi connectivity index (χ0n) is 14.0. The summed E-state index contributed by atoms with van der Waals surface area (Å²) >= 11 is 5.74. The number of ether oxygens (including phenoxy) is 2. The third-order valence-electron chi connectivity index (χ3n) is 3.39. The van der Waals surface area contributed by atoms with E-state index in [0.717, 1.165) is 0 Å². The molecule has 0 aromatic heterocycles. The maximum atomic E-state index is 12.3. The third kappa shape index (κ3) is 5.29. The van der Waals surface area contributed by atoms with Crippen LogP contribution in [-0.2, 0) is 4.79 Å². The molecular weight excluding hydrogens is 378 g/mol. The van der Waals surface area contributed by atoms with Crippen LogP contribution in [0.5, 0.6) is 11.5 Å². The molecule has 0 saturated carbocycles. The molecule has 27 heavy (non-hydrogen) atoms. The van der Waals surface area contributed by atoms with Crippen LogP contribution < -0.4 is 14.6 Å². The van der Waals surface area contributed by atoms with Gasteiger partial charge in [-0.05, 0) is 35.9 Å². The van der Waals surface area contributed by atoms with Gasteiger partial charge in [0.25, 0.3) is 5.69 Å². The van der Waals surface area contributed by atoms with E-state index in [1.54, 1.807) is 0 Å². The van der Waals surface area contributed by atoms with Crippen molar-refractivity contribution in [3.8, 4) is 11.5 Å². The van der Waals surface area contributed by atoms with Crippen LogP contribution in [0.15, 0.2) is 42.5 Å². The molecule has 8 nitrogen and oxygen atoms in total. The van der Waals surface area contributed by atoms with Gasteiger partial charge in [-0.2, -0.15) is 0 Å². The standard InChI is InChI=1S/C18H14ClNO7/c1-26-17-9-12(4-7-16(17)27-10-18(22)23)15(21)6-3-11-2-5-13(19)14(8-11)20(24)25/h2-9H,10H2,1H3,(H,22,23)/p-1/b6-3+. The molecular formula is C18H13ClNO7-. The average Bonchev–Trinajstić information content (AvgIpc) is 2.64. The first-order valence-corrected chi connectivity index (χ1v) is 7.86. The molecule has 140 valence electrons. The van der Waals surface area contributed by atoms with Crippen molar-refractivity contribution in [2.24, 2.45) is 0 Å². The highest BCUT2D eigenvalue weighted by Crippen LogP contribution is 2.29. The Morgan fingerprint density at radius 2 is 1.93 bits per heavy atom. The summed E-state index contributed by atoms with van der Waals surface area (Å²) in [5, 5.41) is 21.4. The van der Waals surface area contributed by atoms with Gasteiger partial charge >= 0.3 is 0 Å². The Bertz CT molecular complexity index is 924. The molecule has 0 spiro atoms. The topological polar surface area (TPSA) is 119 Å². The second-order valence-corrected chi connectivity index (χ2v) is 5.60. The van der Waals surface area contributed by atoms with Gasteiger partial charge in [0.1, 0.15) is 11.6 Å². The van der Waals surface area contributed by atoms with Crippen molar-refractivity contribution in [1.29, 1.82) is 0 Å². The van der Waals surface area contributed by atoms with Crippen LogP contribution in [-0.4, -0.2) is 30.4 Å². The molecule has 2 aromatic carbocycles. The maximum absolute atomic E-state index is 12.3. The highest BCUT2D eigenvalue weighted by Gasteiger charge is 2.13. The Balaban J connectivity index is 2.20. The lowest BCUT2D eigenvalue weighted by Crippen LogP contribution is -2.29. The number of carbonyl (C=O) groups excluding carboxylic acids is 2. The van der Waals surface area contributed by atoms with Crippen molar-refractivity contribution in [3.05, 3.63) is 68.7 Å². The molecule has 0 radical (unpaired) electrons. The average molecular weight is 391 g/mol. The minimum absolute atomic E-state index is 0.000336. The molecule has 0 fully saturated rings. The van der Waals surface area contributed by atoms with Crippen LogP contribution in [0.4, 0.5) is 5.69 Å². The minimum Gasteiger partial charge on any atom is -0.546 e. The van der Waals surface area contributed by atoms with Gasteiger partial charge in [0.05, 0.1) is 18.0 Å². The first-order chi connectivity index (χ1) is 12.8. The first kappa shape index (κ1) is 19.9. The molecule has 2 rings (SSSR count). The monoisotopic (exact) mass is 390 g/mol. The molecule has 0 heterocycles. The number of methoxy groups -OCH3 is 1. The third-order valence-corrected chi connectivity index (χ3v) is 3.71. The van der Waals surface area contributed by atoms with E-state index in [9.17, 15) is 24.8 Å². The second kappa shape index (κ2) is 8.81. The summed E-state index contributed by atoms with van der Waals surface area (Å²) in [5.41, 5.74) is 0.426. The van der Waals surface area contributed by atoms with Gasteiger partial charge in [0, 0.05) is 11.6 Å². The number of hydrogen-bond donors (Lipinski definition) is 0.